The smallest absolute Gasteiger partial charge is 0.255 e. The van der Waals surface area contributed by atoms with Crippen LogP contribution in [-0.2, 0) is 19.5 Å². The van der Waals surface area contributed by atoms with Crippen LogP contribution in [0, 0.1) is 0 Å². The summed E-state index contributed by atoms with van der Waals surface area (Å²) in [6.07, 6.45) is 0.733. The van der Waals surface area contributed by atoms with Gasteiger partial charge in [0, 0.05) is 36.0 Å². The number of fused-ring (bicyclic) bond motifs is 1. The van der Waals surface area contributed by atoms with Crippen molar-refractivity contribution in [2.24, 2.45) is 0 Å². The van der Waals surface area contributed by atoms with E-state index in [1.807, 2.05) is 26.0 Å². The van der Waals surface area contributed by atoms with E-state index in [4.69, 9.17) is 16.1 Å². The predicted octanol–water partition coefficient (Wildman–Crippen LogP) is 3.16. The molecule has 140 valence electrons. The first-order valence-corrected chi connectivity index (χ1v) is 9.30. The quantitative estimate of drug-likeness (QED) is 0.742. The van der Waals surface area contributed by atoms with Crippen molar-refractivity contribution in [3.05, 3.63) is 62.6 Å². The van der Waals surface area contributed by atoms with Crippen LogP contribution in [0.15, 0.2) is 33.6 Å². The first-order valence-electron chi connectivity index (χ1n) is 8.92. The summed E-state index contributed by atoms with van der Waals surface area (Å²) in [5.41, 5.74) is 2.41. The number of nitrogens with zero attached hydrogens (tertiary/aromatic N) is 4. The van der Waals surface area contributed by atoms with Gasteiger partial charge in [0.2, 0.25) is 11.7 Å². The van der Waals surface area contributed by atoms with Crippen molar-refractivity contribution in [1.82, 2.24) is 25.0 Å². The van der Waals surface area contributed by atoms with Crippen LogP contribution in [-0.4, -0.2) is 31.6 Å². The van der Waals surface area contributed by atoms with Crippen LogP contribution in [0.2, 0.25) is 5.02 Å². The van der Waals surface area contributed by atoms with Crippen molar-refractivity contribution in [1.29, 1.82) is 0 Å². The Hall–Kier alpha value is -2.51. The molecule has 2 aromatic heterocycles. The third kappa shape index (κ3) is 3.79. The molecule has 0 bridgehead atoms. The van der Waals surface area contributed by atoms with Gasteiger partial charge in [0.05, 0.1) is 17.8 Å². The van der Waals surface area contributed by atoms with Crippen LogP contribution < -0.4 is 5.56 Å². The lowest BCUT2D eigenvalue weighted by Crippen LogP contribution is -2.36. The van der Waals surface area contributed by atoms with Crippen molar-refractivity contribution in [3.63, 3.8) is 0 Å². The molecule has 8 heteroatoms. The number of aromatic nitrogens is 4. The molecule has 0 spiro atoms. The predicted molar refractivity (Wildman–Crippen MR) is 102 cm³/mol. The molecule has 0 unspecified atom stereocenters. The molecule has 0 fully saturated rings. The molecule has 0 aliphatic carbocycles. The van der Waals surface area contributed by atoms with E-state index in [9.17, 15) is 4.79 Å². The third-order valence-electron chi connectivity index (χ3n) is 4.64. The molecule has 7 nitrogen and oxygen atoms in total. The second kappa shape index (κ2) is 7.25. The summed E-state index contributed by atoms with van der Waals surface area (Å²) >= 11 is 5.91. The lowest BCUT2D eigenvalue weighted by molar-refractivity contribution is 0.207. The Kier molecular flexibility index (Phi) is 4.80. The SMILES string of the molecule is CC(C)c1nc2c(c(=O)[nH]1)CN(Cc1nc(-c3ccc(Cl)cc3)no1)CC2. The Balaban J connectivity index is 1.49. The highest BCUT2D eigenvalue weighted by molar-refractivity contribution is 6.30. The van der Waals surface area contributed by atoms with Crippen molar-refractivity contribution in [2.45, 2.75) is 39.3 Å². The third-order valence-corrected chi connectivity index (χ3v) is 4.89. The molecule has 1 aliphatic rings. The van der Waals surface area contributed by atoms with Crippen molar-refractivity contribution < 1.29 is 4.52 Å². The topological polar surface area (TPSA) is 87.9 Å². The summed E-state index contributed by atoms with van der Waals surface area (Å²) < 4.78 is 5.38. The van der Waals surface area contributed by atoms with Gasteiger partial charge in [-0.2, -0.15) is 4.98 Å². The first kappa shape index (κ1) is 17.9. The highest BCUT2D eigenvalue weighted by Crippen LogP contribution is 2.21. The average molecular weight is 386 g/mol. The highest BCUT2D eigenvalue weighted by atomic mass is 35.5. The van der Waals surface area contributed by atoms with E-state index in [0.717, 1.165) is 35.6 Å². The Morgan fingerprint density at radius 1 is 1.26 bits per heavy atom. The molecule has 27 heavy (non-hydrogen) atoms. The summed E-state index contributed by atoms with van der Waals surface area (Å²) in [4.78, 5) is 26.5. The van der Waals surface area contributed by atoms with Crippen LogP contribution in [0.4, 0.5) is 0 Å². The van der Waals surface area contributed by atoms with Crippen molar-refractivity contribution in [2.75, 3.05) is 6.54 Å². The summed E-state index contributed by atoms with van der Waals surface area (Å²) in [5.74, 6) is 1.99. The summed E-state index contributed by atoms with van der Waals surface area (Å²) in [5, 5.41) is 4.70. The van der Waals surface area contributed by atoms with Crippen molar-refractivity contribution >= 4 is 11.6 Å². The van der Waals surface area contributed by atoms with Crippen LogP contribution in [0.5, 0.6) is 0 Å². The molecule has 0 amide bonds. The molecule has 4 rings (SSSR count). The number of hydrogen-bond donors (Lipinski definition) is 1. The lowest BCUT2D eigenvalue weighted by atomic mass is 10.1. The van der Waals surface area contributed by atoms with E-state index in [-0.39, 0.29) is 11.5 Å². The number of benzene rings is 1. The van der Waals surface area contributed by atoms with E-state index < -0.39 is 0 Å². The molecule has 1 aliphatic heterocycles. The van der Waals surface area contributed by atoms with Gasteiger partial charge in [-0.25, -0.2) is 4.98 Å². The molecular formula is C19H20ClN5O2. The highest BCUT2D eigenvalue weighted by Gasteiger charge is 2.23. The maximum atomic E-state index is 12.4. The van der Waals surface area contributed by atoms with Gasteiger partial charge in [0.15, 0.2) is 0 Å². The van der Waals surface area contributed by atoms with Crippen LogP contribution in [0.1, 0.15) is 42.7 Å². The Bertz CT molecular complexity index is 1010. The summed E-state index contributed by atoms with van der Waals surface area (Å²) in [6, 6.07) is 7.29. The maximum Gasteiger partial charge on any atom is 0.255 e. The van der Waals surface area contributed by atoms with E-state index in [1.54, 1.807) is 12.1 Å². The van der Waals surface area contributed by atoms with Crippen molar-refractivity contribution in [3.8, 4) is 11.4 Å². The minimum Gasteiger partial charge on any atom is -0.338 e. The average Bonchev–Trinajstić information content (AvgIpc) is 3.11. The van der Waals surface area contributed by atoms with Gasteiger partial charge in [0.1, 0.15) is 5.82 Å². The molecule has 1 N–H and O–H groups in total. The number of nitrogens with one attached hydrogen (secondary N) is 1. The molecule has 0 radical (unpaired) electrons. The molecule has 0 atom stereocenters. The fourth-order valence-corrected chi connectivity index (χ4v) is 3.26. The van der Waals surface area contributed by atoms with E-state index in [2.05, 4.69) is 25.0 Å². The second-order valence-electron chi connectivity index (χ2n) is 7.01. The Morgan fingerprint density at radius 2 is 2.04 bits per heavy atom. The minimum absolute atomic E-state index is 0.0548. The number of aromatic amines is 1. The molecular weight excluding hydrogens is 366 g/mol. The van der Waals surface area contributed by atoms with E-state index in [1.165, 1.54) is 0 Å². The molecule has 1 aromatic carbocycles. The maximum absolute atomic E-state index is 12.4. The zero-order valence-electron chi connectivity index (χ0n) is 15.2. The van der Waals surface area contributed by atoms with Gasteiger partial charge < -0.3 is 9.51 Å². The Morgan fingerprint density at radius 3 is 2.78 bits per heavy atom. The minimum atomic E-state index is -0.0548. The van der Waals surface area contributed by atoms with Gasteiger partial charge in [-0.1, -0.05) is 30.6 Å². The Labute approximate surface area is 161 Å². The van der Waals surface area contributed by atoms with Crippen LogP contribution >= 0.6 is 11.6 Å². The lowest BCUT2D eigenvalue weighted by Gasteiger charge is -2.26. The summed E-state index contributed by atoms with van der Waals surface area (Å²) in [6.45, 7) is 5.85. The number of halogens is 1. The fraction of sp³-hybridized carbons (Fsp3) is 0.368. The largest absolute Gasteiger partial charge is 0.338 e. The molecule has 0 saturated carbocycles. The second-order valence-corrected chi connectivity index (χ2v) is 7.45. The van der Waals surface area contributed by atoms with Gasteiger partial charge >= 0.3 is 0 Å². The summed E-state index contributed by atoms with van der Waals surface area (Å²) in [7, 11) is 0. The molecule has 3 heterocycles. The van der Waals surface area contributed by atoms with Gasteiger partial charge in [-0.05, 0) is 24.3 Å². The zero-order valence-corrected chi connectivity index (χ0v) is 16.0. The zero-order chi connectivity index (χ0) is 19.0. The van der Waals surface area contributed by atoms with Crippen LogP contribution in [0.25, 0.3) is 11.4 Å². The van der Waals surface area contributed by atoms with E-state index >= 15 is 0 Å². The van der Waals surface area contributed by atoms with Gasteiger partial charge in [-0.3, -0.25) is 9.69 Å². The number of H-pyrrole nitrogens is 1. The molecule has 0 saturated heterocycles. The molecule has 3 aromatic rings. The van der Waals surface area contributed by atoms with Gasteiger partial charge in [-0.15, -0.1) is 0 Å². The van der Waals surface area contributed by atoms with Gasteiger partial charge in [0.25, 0.3) is 5.56 Å². The first-order chi connectivity index (χ1) is 13.0. The normalized spacial score (nSPS) is 14.5. The standard InChI is InChI=1S/C19H20ClN5O2/c1-11(2)17-21-15-7-8-25(9-14(15)19(26)23-17)10-16-22-18(24-27-16)12-3-5-13(20)6-4-12/h3-6,11H,7-10H2,1-2H3,(H,21,23,26). The number of rotatable bonds is 4. The fourth-order valence-electron chi connectivity index (χ4n) is 3.14. The number of hydrogen-bond acceptors (Lipinski definition) is 6. The van der Waals surface area contributed by atoms with E-state index in [0.29, 0.717) is 29.8 Å². The monoisotopic (exact) mass is 385 g/mol. The van der Waals surface area contributed by atoms with Crippen LogP contribution in [0.3, 0.4) is 0 Å².